The molecule has 2 N–H and O–H groups in total. The molecule has 4 aromatic carbocycles. The van der Waals surface area contributed by atoms with Gasteiger partial charge in [0.2, 0.25) is 5.91 Å². The Morgan fingerprint density at radius 2 is 1.13 bits per heavy atom. The molecule has 0 fully saturated rings. The monoisotopic (exact) mass is 395 g/mol. The molecule has 5 rings (SSSR count). The molecule has 0 saturated carbocycles. The Morgan fingerprint density at radius 1 is 0.700 bits per heavy atom. The molecule has 1 aliphatic rings. The van der Waals surface area contributed by atoms with E-state index in [-0.39, 0.29) is 17.4 Å². The maximum absolute atomic E-state index is 13.1. The smallest absolute Gasteiger partial charge is 0.221 e. The number of hydrogen-bond acceptors (Lipinski definition) is 3. The van der Waals surface area contributed by atoms with Gasteiger partial charge in [-0.15, -0.1) is 0 Å². The molecule has 1 amide bonds. The third kappa shape index (κ3) is 2.65. The van der Waals surface area contributed by atoms with Crippen LogP contribution in [0.25, 0.3) is 10.8 Å². The first-order valence-corrected chi connectivity index (χ1v) is 9.94. The fraction of sp³-hybridized carbons (Fsp3) is 0.115. The van der Waals surface area contributed by atoms with Crippen LogP contribution in [0.15, 0.2) is 84.9 Å². The van der Waals surface area contributed by atoms with E-state index in [1.54, 1.807) is 17.0 Å². The van der Waals surface area contributed by atoms with Crippen molar-refractivity contribution in [2.24, 2.45) is 0 Å². The average Bonchev–Trinajstić information content (AvgIpc) is 2.77. The van der Waals surface area contributed by atoms with Gasteiger partial charge in [-0.25, -0.2) is 0 Å². The zero-order valence-corrected chi connectivity index (χ0v) is 16.5. The van der Waals surface area contributed by atoms with Crippen LogP contribution >= 0.6 is 0 Å². The summed E-state index contributed by atoms with van der Waals surface area (Å²) in [5, 5.41) is 23.6. The Morgan fingerprint density at radius 3 is 1.53 bits per heavy atom. The minimum Gasteiger partial charge on any atom is -0.508 e. The highest BCUT2D eigenvalue weighted by Gasteiger charge is 2.41. The molecule has 1 aliphatic heterocycles. The summed E-state index contributed by atoms with van der Waals surface area (Å²) in [6, 6.07) is 25.5. The second kappa shape index (κ2) is 6.92. The highest BCUT2D eigenvalue weighted by Crippen LogP contribution is 2.53. The molecule has 4 aromatic rings. The van der Waals surface area contributed by atoms with Crippen molar-refractivity contribution >= 4 is 16.7 Å². The van der Waals surface area contributed by atoms with E-state index in [2.05, 4.69) is 0 Å². The van der Waals surface area contributed by atoms with Gasteiger partial charge < -0.3 is 15.1 Å². The standard InChI is InChI=1S/C26H21NO3/c1-16(28)27-25(18-8-4-2-5-9-18)23-20(29)14-12-17-13-15-21(30)24(22(17)23)26(27)19-10-6-3-7-11-19/h2-15,25-26,29-30H,1H3. The van der Waals surface area contributed by atoms with Crippen molar-refractivity contribution in [3.05, 3.63) is 107 Å². The fourth-order valence-electron chi connectivity index (χ4n) is 4.72. The predicted octanol–water partition coefficient (Wildman–Crippen LogP) is 5.29. The number of phenols is 2. The number of phenolic OH excluding ortho intramolecular Hbond substituents is 2. The number of carbonyl (C=O) groups is 1. The van der Waals surface area contributed by atoms with Crippen molar-refractivity contribution < 1.29 is 15.0 Å². The number of benzene rings is 4. The molecule has 0 aromatic heterocycles. The van der Waals surface area contributed by atoms with E-state index >= 15 is 0 Å². The van der Waals surface area contributed by atoms with Gasteiger partial charge in [0.25, 0.3) is 0 Å². The fourth-order valence-corrected chi connectivity index (χ4v) is 4.72. The van der Waals surface area contributed by atoms with E-state index in [1.165, 1.54) is 6.92 Å². The highest BCUT2D eigenvalue weighted by molar-refractivity contribution is 5.96. The molecule has 0 bridgehead atoms. The van der Waals surface area contributed by atoms with Gasteiger partial charge in [0.1, 0.15) is 11.5 Å². The van der Waals surface area contributed by atoms with Crippen LogP contribution < -0.4 is 0 Å². The average molecular weight is 395 g/mol. The molecule has 0 spiro atoms. The second-order valence-corrected chi connectivity index (χ2v) is 7.65. The maximum atomic E-state index is 13.1. The third-order valence-electron chi connectivity index (χ3n) is 5.92. The summed E-state index contributed by atoms with van der Waals surface area (Å²) in [6.45, 7) is 1.54. The Balaban J connectivity index is 1.95. The summed E-state index contributed by atoms with van der Waals surface area (Å²) >= 11 is 0. The molecule has 4 nitrogen and oxygen atoms in total. The van der Waals surface area contributed by atoms with Crippen molar-refractivity contribution in [3.8, 4) is 11.5 Å². The SMILES string of the molecule is CC(=O)N1C(c2ccccc2)c2c(O)ccc3ccc(O)c(c23)C1c1ccccc1. The second-order valence-electron chi connectivity index (χ2n) is 7.65. The van der Waals surface area contributed by atoms with Crippen molar-refractivity contribution in [3.63, 3.8) is 0 Å². The van der Waals surface area contributed by atoms with Crippen LogP contribution in [0.5, 0.6) is 11.5 Å². The van der Waals surface area contributed by atoms with E-state index in [1.807, 2.05) is 72.8 Å². The van der Waals surface area contributed by atoms with E-state index in [4.69, 9.17) is 0 Å². The first kappa shape index (κ1) is 18.3. The van der Waals surface area contributed by atoms with Gasteiger partial charge in [-0.1, -0.05) is 72.8 Å². The lowest BCUT2D eigenvalue weighted by atomic mass is 9.79. The van der Waals surface area contributed by atoms with E-state index in [9.17, 15) is 15.0 Å². The molecule has 0 radical (unpaired) electrons. The Kier molecular flexibility index (Phi) is 4.21. The summed E-state index contributed by atoms with van der Waals surface area (Å²) in [4.78, 5) is 14.8. The summed E-state index contributed by atoms with van der Waals surface area (Å²) in [7, 11) is 0. The van der Waals surface area contributed by atoms with Crippen molar-refractivity contribution in [2.45, 2.75) is 19.0 Å². The number of hydrogen-bond donors (Lipinski definition) is 2. The lowest BCUT2D eigenvalue weighted by Gasteiger charge is -2.43. The predicted molar refractivity (Wildman–Crippen MR) is 116 cm³/mol. The molecule has 2 unspecified atom stereocenters. The van der Waals surface area contributed by atoms with Gasteiger partial charge in [-0.2, -0.15) is 0 Å². The summed E-state index contributed by atoms with van der Waals surface area (Å²) in [5.74, 6) is 0.0879. The Hall–Kier alpha value is -3.79. The molecule has 2 atom stereocenters. The van der Waals surface area contributed by atoms with Crippen molar-refractivity contribution in [1.82, 2.24) is 4.90 Å². The molecule has 30 heavy (non-hydrogen) atoms. The molecule has 0 aliphatic carbocycles. The zero-order chi connectivity index (χ0) is 20.8. The minimum absolute atomic E-state index is 0.112. The largest absolute Gasteiger partial charge is 0.508 e. The topological polar surface area (TPSA) is 60.8 Å². The van der Waals surface area contributed by atoms with Crippen LogP contribution in [0.3, 0.4) is 0 Å². The van der Waals surface area contributed by atoms with E-state index in [0.717, 1.165) is 21.9 Å². The summed E-state index contributed by atoms with van der Waals surface area (Å²) in [5.41, 5.74) is 3.11. The third-order valence-corrected chi connectivity index (χ3v) is 5.92. The lowest BCUT2D eigenvalue weighted by Crippen LogP contribution is -2.40. The summed E-state index contributed by atoms with van der Waals surface area (Å²) in [6.07, 6.45) is 0. The maximum Gasteiger partial charge on any atom is 0.221 e. The number of amides is 1. The molecular weight excluding hydrogens is 374 g/mol. The first-order chi connectivity index (χ1) is 14.6. The number of carbonyl (C=O) groups excluding carboxylic acids is 1. The van der Waals surface area contributed by atoms with Crippen LogP contribution in [0.4, 0.5) is 0 Å². The normalized spacial score (nSPS) is 17.8. The van der Waals surface area contributed by atoms with Gasteiger partial charge in [0, 0.05) is 23.4 Å². The van der Waals surface area contributed by atoms with Gasteiger partial charge in [0.05, 0.1) is 12.1 Å². The molecule has 0 saturated heterocycles. The Bertz CT molecular complexity index is 1160. The van der Waals surface area contributed by atoms with Gasteiger partial charge >= 0.3 is 0 Å². The minimum atomic E-state index is -0.480. The van der Waals surface area contributed by atoms with Crippen LogP contribution in [0.1, 0.15) is 41.3 Å². The zero-order valence-electron chi connectivity index (χ0n) is 16.5. The first-order valence-electron chi connectivity index (χ1n) is 9.94. The summed E-state index contributed by atoms with van der Waals surface area (Å²) < 4.78 is 0. The molecular formula is C26H21NO3. The number of nitrogens with zero attached hydrogens (tertiary/aromatic N) is 1. The van der Waals surface area contributed by atoms with E-state index < -0.39 is 12.1 Å². The van der Waals surface area contributed by atoms with Gasteiger partial charge in [0.15, 0.2) is 0 Å². The lowest BCUT2D eigenvalue weighted by molar-refractivity contribution is -0.132. The van der Waals surface area contributed by atoms with Crippen LogP contribution in [0.2, 0.25) is 0 Å². The van der Waals surface area contributed by atoms with Gasteiger partial charge in [-0.3, -0.25) is 4.79 Å². The van der Waals surface area contributed by atoms with Crippen LogP contribution in [-0.4, -0.2) is 21.0 Å². The van der Waals surface area contributed by atoms with E-state index in [0.29, 0.717) is 11.1 Å². The Labute approximate surface area is 174 Å². The van der Waals surface area contributed by atoms with Crippen molar-refractivity contribution in [1.29, 1.82) is 0 Å². The molecule has 148 valence electrons. The van der Waals surface area contributed by atoms with Crippen LogP contribution in [0, 0.1) is 0 Å². The van der Waals surface area contributed by atoms with Gasteiger partial charge in [-0.05, 0) is 28.6 Å². The number of rotatable bonds is 2. The highest BCUT2D eigenvalue weighted by atomic mass is 16.3. The number of aromatic hydroxyl groups is 2. The molecule has 1 heterocycles. The quantitative estimate of drug-likeness (QED) is 0.485. The van der Waals surface area contributed by atoms with Crippen LogP contribution in [-0.2, 0) is 4.79 Å². The van der Waals surface area contributed by atoms with Crippen molar-refractivity contribution in [2.75, 3.05) is 0 Å². The molecule has 4 heteroatoms.